The van der Waals surface area contributed by atoms with Crippen molar-refractivity contribution in [2.24, 2.45) is 0 Å². The van der Waals surface area contributed by atoms with Gasteiger partial charge >= 0.3 is 0 Å². The number of hydrogen-bond donors (Lipinski definition) is 0. The van der Waals surface area contributed by atoms with Gasteiger partial charge in [-0.25, -0.2) is 4.39 Å². The van der Waals surface area contributed by atoms with Crippen LogP contribution in [0.4, 0.5) is 9.52 Å². The van der Waals surface area contributed by atoms with E-state index in [2.05, 4.69) is 15.1 Å². The number of carbonyl (C=O) groups excluding carboxylic acids is 1. The van der Waals surface area contributed by atoms with Crippen molar-refractivity contribution >= 4 is 39.8 Å². The fourth-order valence-corrected chi connectivity index (χ4v) is 4.50. The number of rotatable bonds is 4. The van der Waals surface area contributed by atoms with Gasteiger partial charge in [0.2, 0.25) is 11.0 Å². The van der Waals surface area contributed by atoms with Gasteiger partial charge in [0.15, 0.2) is 5.01 Å². The first-order valence-corrected chi connectivity index (χ1v) is 10.2. The Hall–Kier alpha value is -2.58. The number of halogens is 1. The highest BCUT2D eigenvalue weighted by molar-refractivity contribution is 7.22. The molecule has 0 radical (unpaired) electrons. The first kappa shape index (κ1) is 17.8. The third-order valence-electron chi connectivity index (χ3n) is 4.30. The lowest BCUT2D eigenvalue weighted by Gasteiger charge is -2.33. The van der Waals surface area contributed by atoms with Crippen LogP contribution in [0.5, 0.6) is 0 Å². The molecular weight excluding hydrogens is 383 g/mol. The summed E-state index contributed by atoms with van der Waals surface area (Å²) < 4.78 is 12.9. The number of benzene rings is 1. The summed E-state index contributed by atoms with van der Waals surface area (Å²) in [6, 6.07) is 10.1. The number of thiophene rings is 1. The van der Waals surface area contributed by atoms with E-state index in [1.807, 2.05) is 22.4 Å². The zero-order valence-electron chi connectivity index (χ0n) is 14.4. The Morgan fingerprint density at radius 1 is 1.07 bits per heavy atom. The molecule has 0 atom stereocenters. The standard InChI is InChI=1S/C19H17FN4OS2/c20-15-6-3-14(4-7-15)5-8-17(25)23-9-11-24(12-10-23)19-22-21-18(27-19)16-2-1-13-26-16/h1-8,13H,9-12H2/b8-5+. The molecule has 0 spiro atoms. The van der Waals surface area contributed by atoms with Gasteiger partial charge in [0, 0.05) is 32.3 Å². The largest absolute Gasteiger partial charge is 0.343 e. The Kier molecular flexibility index (Phi) is 5.26. The molecular formula is C19H17FN4OS2. The Morgan fingerprint density at radius 3 is 2.56 bits per heavy atom. The smallest absolute Gasteiger partial charge is 0.246 e. The lowest BCUT2D eigenvalue weighted by atomic mass is 10.2. The number of anilines is 1. The molecule has 27 heavy (non-hydrogen) atoms. The Bertz CT molecular complexity index is 929. The van der Waals surface area contributed by atoms with Crippen molar-refractivity contribution in [3.8, 4) is 9.88 Å². The maximum Gasteiger partial charge on any atom is 0.246 e. The molecule has 2 aromatic heterocycles. The van der Waals surface area contributed by atoms with Crippen LogP contribution in [0.1, 0.15) is 5.56 Å². The minimum absolute atomic E-state index is 0.0319. The SMILES string of the molecule is O=C(/C=C/c1ccc(F)cc1)N1CCN(c2nnc(-c3cccs3)s2)CC1. The fraction of sp³-hybridized carbons (Fsp3) is 0.211. The van der Waals surface area contributed by atoms with E-state index in [0.717, 1.165) is 33.7 Å². The number of nitrogens with zero attached hydrogens (tertiary/aromatic N) is 4. The van der Waals surface area contributed by atoms with E-state index in [4.69, 9.17) is 0 Å². The van der Waals surface area contributed by atoms with Gasteiger partial charge in [-0.2, -0.15) is 0 Å². The molecule has 4 rings (SSSR count). The Labute approximate surface area is 164 Å². The minimum atomic E-state index is -0.284. The van der Waals surface area contributed by atoms with Crippen LogP contribution in [-0.2, 0) is 4.79 Å². The van der Waals surface area contributed by atoms with Crippen molar-refractivity contribution in [2.75, 3.05) is 31.1 Å². The van der Waals surface area contributed by atoms with Crippen molar-refractivity contribution in [3.05, 3.63) is 59.2 Å². The monoisotopic (exact) mass is 400 g/mol. The summed E-state index contributed by atoms with van der Waals surface area (Å²) in [6.07, 6.45) is 3.26. The van der Waals surface area contributed by atoms with Crippen LogP contribution in [0.15, 0.2) is 47.9 Å². The molecule has 0 bridgehead atoms. The fourth-order valence-electron chi connectivity index (χ4n) is 2.81. The Balaban J connectivity index is 1.33. The average molecular weight is 401 g/mol. The molecule has 0 saturated carbocycles. The third-order valence-corrected chi connectivity index (χ3v) is 6.32. The molecule has 5 nitrogen and oxygen atoms in total. The molecule has 8 heteroatoms. The van der Waals surface area contributed by atoms with Gasteiger partial charge in [0.25, 0.3) is 0 Å². The Morgan fingerprint density at radius 2 is 1.85 bits per heavy atom. The molecule has 138 valence electrons. The maximum absolute atomic E-state index is 12.9. The summed E-state index contributed by atoms with van der Waals surface area (Å²) >= 11 is 3.23. The molecule has 0 N–H and O–H groups in total. The quantitative estimate of drug-likeness (QED) is 0.626. The van der Waals surface area contributed by atoms with Crippen LogP contribution in [-0.4, -0.2) is 47.2 Å². The third kappa shape index (κ3) is 4.23. The molecule has 0 unspecified atom stereocenters. The number of amides is 1. The summed E-state index contributed by atoms with van der Waals surface area (Å²) in [5, 5.41) is 12.4. The summed E-state index contributed by atoms with van der Waals surface area (Å²) in [6.45, 7) is 2.74. The van der Waals surface area contributed by atoms with Crippen LogP contribution in [0, 0.1) is 5.82 Å². The van der Waals surface area contributed by atoms with E-state index in [1.165, 1.54) is 12.1 Å². The normalized spacial score (nSPS) is 14.9. The summed E-state index contributed by atoms with van der Waals surface area (Å²) in [4.78, 5) is 17.5. The van der Waals surface area contributed by atoms with Gasteiger partial charge in [-0.1, -0.05) is 29.5 Å². The second-order valence-corrected chi connectivity index (χ2v) is 7.97. The van der Waals surface area contributed by atoms with Crippen LogP contribution >= 0.6 is 22.7 Å². The molecule has 1 amide bonds. The molecule has 1 aliphatic rings. The zero-order chi connectivity index (χ0) is 18.6. The van der Waals surface area contributed by atoms with Gasteiger partial charge in [-0.05, 0) is 35.2 Å². The lowest BCUT2D eigenvalue weighted by Crippen LogP contribution is -2.48. The van der Waals surface area contributed by atoms with Crippen molar-refractivity contribution in [2.45, 2.75) is 0 Å². The van der Waals surface area contributed by atoms with Gasteiger partial charge in [-0.15, -0.1) is 21.5 Å². The highest BCUT2D eigenvalue weighted by atomic mass is 32.1. The zero-order valence-corrected chi connectivity index (χ0v) is 16.0. The van der Waals surface area contributed by atoms with Crippen LogP contribution in [0.25, 0.3) is 16.0 Å². The molecule has 1 aliphatic heterocycles. The van der Waals surface area contributed by atoms with Gasteiger partial charge in [-0.3, -0.25) is 4.79 Å². The van der Waals surface area contributed by atoms with E-state index in [0.29, 0.717) is 13.1 Å². The number of aromatic nitrogens is 2. The van der Waals surface area contributed by atoms with Gasteiger partial charge in [0.1, 0.15) is 5.82 Å². The predicted molar refractivity (Wildman–Crippen MR) is 107 cm³/mol. The number of hydrogen-bond acceptors (Lipinski definition) is 6. The number of carbonyl (C=O) groups is 1. The van der Waals surface area contributed by atoms with E-state index in [9.17, 15) is 9.18 Å². The van der Waals surface area contributed by atoms with Gasteiger partial charge in [0.05, 0.1) is 4.88 Å². The van der Waals surface area contributed by atoms with Crippen molar-refractivity contribution in [3.63, 3.8) is 0 Å². The van der Waals surface area contributed by atoms with Gasteiger partial charge < -0.3 is 9.80 Å². The molecule has 1 aromatic carbocycles. The van der Waals surface area contributed by atoms with Crippen LogP contribution < -0.4 is 4.90 Å². The maximum atomic E-state index is 12.9. The van der Waals surface area contributed by atoms with Crippen molar-refractivity contribution < 1.29 is 9.18 Å². The molecule has 1 fully saturated rings. The summed E-state index contributed by atoms with van der Waals surface area (Å²) in [5.74, 6) is -0.316. The molecule has 3 aromatic rings. The van der Waals surface area contributed by atoms with Crippen molar-refractivity contribution in [1.29, 1.82) is 0 Å². The average Bonchev–Trinajstić information content (AvgIpc) is 3.39. The molecule has 1 saturated heterocycles. The second kappa shape index (κ2) is 7.98. The molecule has 3 heterocycles. The highest BCUT2D eigenvalue weighted by Gasteiger charge is 2.22. The number of piperazine rings is 1. The summed E-state index contributed by atoms with van der Waals surface area (Å²) in [7, 11) is 0. The van der Waals surface area contributed by atoms with Crippen LogP contribution in [0.2, 0.25) is 0 Å². The summed E-state index contributed by atoms with van der Waals surface area (Å²) in [5.41, 5.74) is 0.804. The predicted octanol–water partition coefficient (Wildman–Crippen LogP) is 3.77. The van der Waals surface area contributed by atoms with Crippen LogP contribution in [0.3, 0.4) is 0 Å². The topological polar surface area (TPSA) is 49.3 Å². The van der Waals surface area contributed by atoms with E-state index >= 15 is 0 Å². The minimum Gasteiger partial charge on any atom is -0.343 e. The van der Waals surface area contributed by atoms with E-state index in [-0.39, 0.29) is 11.7 Å². The van der Waals surface area contributed by atoms with E-state index < -0.39 is 0 Å². The first-order chi connectivity index (χ1) is 13.2. The van der Waals surface area contributed by atoms with E-state index in [1.54, 1.807) is 47.0 Å². The lowest BCUT2D eigenvalue weighted by molar-refractivity contribution is -0.126. The highest BCUT2D eigenvalue weighted by Crippen LogP contribution is 2.31. The second-order valence-electron chi connectivity index (χ2n) is 6.06. The van der Waals surface area contributed by atoms with Crippen molar-refractivity contribution in [1.82, 2.24) is 15.1 Å². The molecule has 0 aliphatic carbocycles. The first-order valence-electron chi connectivity index (χ1n) is 8.54.